The fraction of sp³-hybridized carbons (Fsp3) is 0.533. The highest BCUT2D eigenvalue weighted by atomic mass is 79.9. The SMILES string of the molecule is CN1C2CCC1CN(C(=O)c1cccc(Br)c1F)CC2. The maximum absolute atomic E-state index is 14.1. The molecule has 2 aliphatic rings. The number of likely N-dealkylation sites (tertiary alicyclic amines) is 1. The van der Waals surface area contributed by atoms with Crippen molar-refractivity contribution in [3.63, 3.8) is 0 Å². The monoisotopic (exact) mass is 340 g/mol. The molecule has 3 nitrogen and oxygen atoms in total. The molecule has 2 heterocycles. The Labute approximate surface area is 126 Å². The number of carbonyl (C=O) groups excluding carboxylic acids is 1. The molecule has 1 aromatic carbocycles. The topological polar surface area (TPSA) is 23.6 Å². The van der Waals surface area contributed by atoms with Gasteiger partial charge in [0, 0.05) is 25.2 Å². The summed E-state index contributed by atoms with van der Waals surface area (Å²) in [6.45, 7) is 1.42. The van der Waals surface area contributed by atoms with E-state index in [0.717, 1.165) is 19.4 Å². The second-order valence-corrected chi connectivity index (χ2v) is 6.55. The Kier molecular flexibility index (Phi) is 3.82. The second kappa shape index (κ2) is 5.45. The number of nitrogens with zero attached hydrogens (tertiary/aromatic N) is 2. The Hall–Kier alpha value is -0.940. The van der Waals surface area contributed by atoms with Crippen molar-refractivity contribution in [2.75, 3.05) is 20.1 Å². The normalized spacial score (nSPS) is 26.6. The van der Waals surface area contributed by atoms with Crippen LogP contribution in [0.4, 0.5) is 4.39 Å². The number of hydrogen-bond donors (Lipinski definition) is 0. The van der Waals surface area contributed by atoms with Gasteiger partial charge in [0.15, 0.2) is 0 Å². The van der Waals surface area contributed by atoms with Crippen molar-refractivity contribution in [3.8, 4) is 0 Å². The number of benzene rings is 1. The van der Waals surface area contributed by atoms with Gasteiger partial charge in [0.1, 0.15) is 5.82 Å². The summed E-state index contributed by atoms with van der Waals surface area (Å²) in [5, 5.41) is 0. The molecule has 1 aromatic rings. The second-order valence-electron chi connectivity index (χ2n) is 5.69. The predicted octanol–water partition coefficient (Wildman–Crippen LogP) is 2.90. The van der Waals surface area contributed by atoms with Crippen LogP contribution in [-0.2, 0) is 0 Å². The van der Waals surface area contributed by atoms with Gasteiger partial charge in [0.05, 0.1) is 10.0 Å². The molecule has 0 saturated carbocycles. The highest BCUT2D eigenvalue weighted by Crippen LogP contribution is 2.29. The highest BCUT2D eigenvalue weighted by molar-refractivity contribution is 9.10. The van der Waals surface area contributed by atoms with Crippen LogP contribution < -0.4 is 0 Å². The lowest BCUT2D eigenvalue weighted by Gasteiger charge is -2.26. The fourth-order valence-corrected chi connectivity index (χ4v) is 3.70. The quantitative estimate of drug-likeness (QED) is 0.784. The standard InChI is InChI=1S/C15H18BrFN2O/c1-18-10-5-6-11(18)9-19(8-7-10)15(20)12-3-2-4-13(16)14(12)17/h2-4,10-11H,5-9H2,1H3. The molecule has 0 spiro atoms. The maximum Gasteiger partial charge on any atom is 0.256 e. The zero-order valence-corrected chi connectivity index (χ0v) is 13.1. The van der Waals surface area contributed by atoms with E-state index in [2.05, 4.69) is 27.9 Å². The zero-order valence-electron chi connectivity index (χ0n) is 11.5. The molecule has 0 aliphatic carbocycles. The van der Waals surface area contributed by atoms with Crippen LogP contribution >= 0.6 is 15.9 Å². The Morgan fingerprint density at radius 1 is 1.30 bits per heavy atom. The fourth-order valence-electron chi connectivity index (χ4n) is 3.33. The van der Waals surface area contributed by atoms with Crippen LogP contribution in [0, 0.1) is 5.82 Å². The molecule has 20 heavy (non-hydrogen) atoms. The molecule has 5 heteroatoms. The molecule has 2 bridgehead atoms. The van der Waals surface area contributed by atoms with Gasteiger partial charge in [-0.1, -0.05) is 6.07 Å². The Morgan fingerprint density at radius 3 is 2.85 bits per heavy atom. The van der Waals surface area contributed by atoms with E-state index < -0.39 is 5.82 Å². The minimum atomic E-state index is -0.458. The predicted molar refractivity (Wildman–Crippen MR) is 79.2 cm³/mol. The van der Waals surface area contributed by atoms with E-state index >= 15 is 0 Å². The van der Waals surface area contributed by atoms with Crippen LogP contribution in [0.25, 0.3) is 0 Å². The molecule has 0 N–H and O–H groups in total. The van der Waals surface area contributed by atoms with Crippen LogP contribution in [0.1, 0.15) is 29.6 Å². The summed E-state index contributed by atoms with van der Waals surface area (Å²) in [6.07, 6.45) is 3.33. The molecular formula is C15H18BrFN2O. The number of halogens is 2. The molecule has 3 rings (SSSR count). The first kappa shape index (κ1) is 14.0. The molecular weight excluding hydrogens is 323 g/mol. The summed E-state index contributed by atoms with van der Waals surface area (Å²) in [7, 11) is 2.13. The van der Waals surface area contributed by atoms with Gasteiger partial charge in [-0.3, -0.25) is 9.69 Å². The van der Waals surface area contributed by atoms with Crippen LogP contribution in [0.5, 0.6) is 0 Å². The number of amides is 1. The molecule has 2 saturated heterocycles. The molecule has 2 unspecified atom stereocenters. The summed E-state index contributed by atoms with van der Waals surface area (Å²) >= 11 is 3.14. The van der Waals surface area contributed by atoms with E-state index in [0.29, 0.717) is 23.1 Å². The summed E-state index contributed by atoms with van der Waals surface area (Å²) in [6, 6.07) is 5.88. The largest absolute Gasteiger partial charge is 0.337 e. The maximum atomic E-state index is 14.1. The van der Waals surface area contributed by atoms with Crippen LogP contribution in [0.3, 0.4) is 0 Å². The van der Waals surface area contributed by atoms with E-state index in [1.807, 2.05) is 4.90 Å². The zero-order chi connectivity index (χ0) is 14.3. The van der Waals surface area contributed by atoms with Gasteiger partial charge in [0.25, 0.3) is 5.91 Å². The smallest absolute Gasteiger partial charge is 0.256 e. The first-order valence-corrected chi connectivity index (χ1v) is 7.82. The third kappa shape index (κ3) is 2.37. The number of likely N-dealkylation sites (N-methyl/N-ethyl adjacent to an activating group) is 1. The third-order valence-electron chi connectivity index (χ3n) is 4.62. The molecule has 0 aromatic heterocycles. The lowest BCUT2D eigenvalue weighted by Crippen LogP contribution is -2.40. The lowest BCUT2D eigenvalue weighted by molar-refractivity contribution is 0.0735. The number of rotatable bonds is 1. The van der Waals surface area contributed by atoms with E-state index in [4.69, 9.17) is 0 Å². The minimum absolute atomic E-state index is 0.166. The van der Waals surface area contributed by atoms with E-state index in [1.54, 1.807) is 18.2 Å². The van der Waals surface area contributed by atoms with Crippen molar-refractivity contribution < 1.29 is 9.18 Å². The minimum Gasteiger partial charge on any atom is -0.337 e. The summed E-state index contributed by atoms with van der Waals surface area (Å²) in [4.78, 5) is 16.7. The van der Waals surface area contributed by atoms with Crippen molar-refractivity contribution in [1.29, 1.82) is 0 Å². The van der Waals surface area contributed by atoms with Gasteiger partial charge >= 0.3 is 0 Å². The first-order valence-electron chi connectivity index (χ1n) is 7.03. The van der Waals surface area contributed by atoms with E-state index in [-0.39, 0.29) is 11.5 Å². The first-order chi connectivity index (χ1) is 9.58. The molecule has 108 valence electrons. The van der Waals surface area contributed by atoms with Crippen LogP contribution in [0.15, 0.2) is 22.7 Å². The summed E-state index contributed by atoms with van der Waals surface area (Å²) in [5.74, 6) is -0.648. The van der Waals surface area contributed by atoms with Gasteiger partial charge in [0.2, 0.25) is 0 Å². The molecule has 2 fully saturated rings. The van der Waals surface area contributed by atoms with Gasteiger partial charge in [-0.25, -0.2) is 4.39 Å². The van der Waals surface area contributed by atoms with Gasteiger partial charge < -0.3 is 4.90 Å². The molecule has 1 amide bonds. The van der Waals surface area contributed by atoms with Crippen molar-refractivity contribution in [1.82, 2.24) is 9.80 Å². The Morgan fingerprint density at radius 2 is 2.05 bits per heavy atom. The van der Waals surface area contributed by atoms with Gasteiger partial charge in [-0.15, -0.1) is 0 Å². The van der Waals surface area contributed by atoms with Gasteiger partial charge in [-0.2, -0.15) is 0 Å². The summed E-state index contributed by atoms with van der Waals surface area (Å²) in [5.41, 5.74) is 0.166. The average Bonchev–Trinajstić information content (AvgIpc) is 2.66. The number of carbonyl (C=O) groups is 1. The molecule has 0 radical (unpaired) electrons. The molecule has 2 aliphatic heterocycles. The average molecular weight is 341 g/mol. The van der Waals surface area contributed by atoms with Crippen molar-refractivity contribution in [2.24, 2.45) is 0 Å². The Balaban J connectivity index is 1.82. The van der Waals surface area contributed by atoms with Crippen molar-refractivity contribution in [2.45, 2.75) is 31.3 Å². The van der Waals surface area contributed by atoms with Crippen LogP contribution in [-0.4, -0.2) is 47.9 Å². The molecule has 2 atom stereocenters. The van der Waals surface area contributed by atoms with E-state index in [1.165, 1.54) is 6.42 Å². The highest BCUT2D eigenvalue weighted by Gasteiger charge is 2.36. The van der Waals surface area contributed by atoms with Crippen molar-refractivity contribution in [3.05, 3.63) is 34.1 Å². The van der Waals surface area contributed by atoms with Crippen molar-refractivity contribution >= 4 is 21.8 Å². The number of fused-ring (bicyclic) bond motifs is 2. The van der Waals surface area contributed by atoms with E-state index in [9.17, 15) is 9.18 Å². The lowest BCUT2D eigenvalue weighted by atomic mass is 10.1. The van der Waals surface area contributed by atoms with Crippen LogP contribution in [0.2, 0.25) is 0 Å². The number of hydrogen-bond acceptors (Lipinski definition) is 2. The van der Waals surface area contributed by atoms with Gasteiger partial charge in [-0.05, 0) is 54.4 Å². The Bertz CT molecular complexity index is 537. The third-order valence-corrected chi connectivity index (χ3v) is 5.23. The summed E-state index contributed by atoms with van der Waals surface area (Å²) < 4.78 is 14.4.